The molecule has 2 N–H and O–H groups in total. The number of hydrogen-bond acceptors (Lipinski definition) is 7. The second-order valence-electron chi connectivity index (χ2n) is 15.0. The second-order valence-corrected chi connectivity index (χ2v) is 15.0. The fourth-order valence-corrected chi connectivity index (χ4v) is 8.19. The molecule has 4 atom stereocenters. The van der Waals surface area contributed by atoms with Gasteiger partial charge in [0.2, 0.25) is 0 Å². The average Bonchev–Trinajstić information content (AvgIpc) is 3.48. The van der Waals surface area contributed by atoms with E-state index in [4.69, 9.17) is 4.74 Å². The molecule has 2 saturated carbocycles. The molecule has 2 fully saturated rings. The highest BCUT2D eigenvalue weighted by Crippen LogP contribution is 2.62. The minimum absolute atomic E-state index is 0.0132. The van der Waals surface area contributed by atoms with Gasteiger partial charge in [0.1, 0.15) is 23.8 Å². The van der Waals surface area contributed by atoms with Crippen LogP contribution >= 0.6 is 0 Å². The first-order valence-electron chi connectivity index (χ1n) is 17.2. The van der Waals surface area contributed by atoms with Crippen LogP contribution in [0.3, 0.4) is 0 Å². The lowest BCUT2D eigenvalue weighted by Crippen LogP contribution is -2.59. The first kappa shape index (κ1) is 36.3. The van der Waals surface area contributed by atoms with Crippen molar-refractivity contribution in [1.82, 2.24) is 15.0 Å². The molecular formula is C39H55N3O5. The van der Waals surface area contributed by atoms with Crippen LogP contribution < -0.4 is 0 Å². The number of aliphatic hydroxyl groups is 1. The van der Waals surface area contributed by atoms with Gasteiger partial charge in [-0.05, 0) is 115 Å². The maximum Gasteiger partial charge on any atom is 0.333 e. The van der Waals surface area contributed by atoms with Gasteiger partial charge in [0.15, 0.2) is 0 Å². The third-order valence-corrected chi connectivity index (χ3v) is 11.0. The summed E-state index contributed by atoms with van der Waals surface area (Å²) in [7, 11) is 0. The highest BCUT2D eigenvalue weighted by Gasteiger charge is 2.59. The van der Waals surface area contributed by atoms with Crippen LogP contribution in [0, 0.1) is 22.7 Å². The fraction of sp³-hybridized carbons (Fsp3) is 0.590. The number of carbonyl (C=O) groups excluding carboxylic acids is 2. The third kappa shape index (κ3) is 8.89. The van der Waals surface area contributed by atoms with Gasteiger partial charge in [-0.15, -0.1) is 5.10 Å². The van der Waals surface area contributed by atoms with E-state index in [1.165, 1.54) is 15.8 Å². The minimum atomic E-state index is -0.691. The van der Waals surface area contributed by atoms with E-state index in [0.717, 1.165) is 57.8 Å². The number of Topliss-reactive ketones (excluding diaryl/α,β-unsaturated/α-hetero) is 1. The van der Waals surface area contributed by atoms with E-state index in [1.54, 1.807) is 37.4 Å². The zero-order chi connectivity index (χ0) is 34.4. The monoisotopic (exact) mass is 645 g/mol. The van der Waals surface area contributed by atoms with Crippen molar-refractivity contribution in [2.24, 2.45) is 22.7 Å². The SMILES string of the molecule is C/C(=C\CC/C(C)=C/CC[C@@H]1[C@@]2(C)CCC(=O)C(C)(C)[C@H]2CC[C@@]1(C)O)CC/C=C(\C)C(=O)OCc1cn(-c2cccc(O)c2)nn1. The quantitative estimate of drug-likeness (QED) is 0.128. The maximum absolute atomic E-state index is 12.8. The van der Waals surface area contributed by atoms with Crippen molar-refractivity contribution in [2.75, 3.05) is 0 Å². The summed E-state index contributed by atoms with van der Waals surface area (Å²) in [5.74, 6) is 0.662. The molecule has 1 heterocycles. The van der Waals surface area contributed by atoms with Crippen molar-refractivity contribution in [3.05, 3.63) is 71.1 Å². The summed E-state index contributed by atoms with van der Waals surface area (Å²) in [4.78, 5) is 25.2. The van der Waals surface area contributed by atoms with Gasteiger partial charge in [-0.3, -0.25) is 4.79 Å². The van der Waals surface area contributed by atoms with Gasteiger partial charge < -0.3 is 14.9 Å². The van der Waals surface area contributed by atoms with Crippen molar-refractivity contribution in [3.8, 4) is 11.4 Å². The number of ketones is 1. The van der Waals surface area contributed by atoms with Crippen LogP contribution in [-0.4, -0.2) is 42.6 Å². The number of benzene rings is 1. The Balaban J connectivity index is 1.18. The summed E-state index contributed by atoms with van der Waals surface area (Å²) in [5.41, 5.74) is 3.40. The molecule has 2 aromatic rings. The Kier molecular flexibility index (Phi) is 11.7. The molecular weight excluding hydrogens is 590 g/mol. The smallest absolute Gasteiger partial charge is 0.333 e. The number of fused-ring (bicyclic) bond motifs is 1. The van der Waals surface area contributed by atoms with Crippen LogP contribution in [-0.2, 0) is 20.9 Å². The van der Waals surface area contributed by atoms with E-state index in [9.17, 15) is 19.8 Å². The number of aromatic nitrogens is 3. The number of phenols is 1. The van der Waals surface area contributed by atoms with Crippen molar-refractivity contribution < 1.29 is 24.5 Å². The molecule has 0 spiro atoms. The lowest BCUT2D eigenvalue weighted by molar-refractivity contribution is -0.177. The van der Waals surface area contributed by atoms with Crippen LogP contribution in [0.1, 0.15) is 118 Å². The van der Waals surface area contributed by atoms with E-state index in [0.29, 0.717) is 35.1 Å². The van der Waals surface area contributed by atoms with Crippen molar-refractivity contribution in [1.29, 1.82) is 0 Å². The van der Waals surface area contributed by atoms with Gasteiger partial charge >= 0.3 is 5.97 Å². The van der Waals surface area contributed by atoms with E-state index >= 15 is 0 Å². The molecule has 0 amide bonds. The minimum Gasteiger partial charge on any atom is -0.508 e. The van der Waals surface area contributed by atoms with Crippen LogP contribution in [0.4, 0.5) is 0 Å². The highest BCUT2D eigenvalue weighted by molar-refractivity contribution is 5.87. The molecule has 256 valence electrons. The van der Waals surface area contributed by atoms with Crippen LogP contribution in [0.15, 0.2) is 65.4 Å². The predicted octanol–water partition coefficient (Wildman–Crippen LogP) is 8.37. The van der Waals surface area contributed by atoms with E-state index < -0.39 is 5.60 Å². The Labute approximate surface area is 281 Å². The summed E-state index contributed by atoms with van der Waals surface area (Å²) in [6.07, 6.45) is 16.9. The number of esters is 1. The Hall–Kier alpha value is -3.52. The Morgan fingerprint density at radius 3 is 2.40 bits per heavy atom. The summed E-state index contributed by atoms with van der Waals surface area (Å²) in [5, 5.41) is 29.2. The topological polar surface area (TPSA) is 115 Å². The maximum atomic E-state index is 12.8. The van der Waals surface area contributed by atoms with Gasteiger partial charge in [-0.25, -0.2) is 9.48 Å². The molecule has 0 radical (unpaired) electrons. The molecule has 0 saturated heterocycles. The van der Waals surface area contributed by atoms with E-state index in [-0.39, 0.29) is 35.1 Å². The number of ether oxygens (including phenoxy) is 1. The lowest BCUT2D eigenvalue weighted by Gasteiger charge is -2.60. The van der Waals surface area contributed by atoms with Gasteiger partial charge in [0, 0.05) is 23.5 Å². The summed E-state index contributed by atoms with van der Waals surface area (Å²) in [6, 6.07) is 6.68. The van der Waals surface area contributed by atoms with Gasteiger partial charge in [0.25, 0.3) is 0 Å². The van der Waals surface area contributed by atoms with Crippen molar-refractivity contribution in [3.63, 3.8) is 0 Å². The molecule has 1 aromatic heterocycles. The number of nitrogens with zero attached hydrogens (tertiary/aromatic N) is 3. The Morgan fingerprint density at radius 1 is 1.02 bits per heavy atom. The van der Waals surface area contributed by atoms with Crippen LogP contribution in [0.5, 0.6) is 5.75 Å². The van der Waals surface area contributed by atoms with E-state index in [2.05, 4.69) is 57.1 Å². The first-order chi connectivity index (χ1) is 22.1. The number of rotatable bonds is 13. The molecule has 2 aliphatic rings. The number of allylic oxidation sites excluding steroid dienone is 5. The van der Waals surface area contributed by atoms with Gasteiger partial charge in [-0.2, -0.15) is 0 Å². The summed E-state index contributed by atoms with van der Waals surface area (Å²) < 4.78 is 6.94. The highest BCUT2D eigenvalue weighted by atomic mass is 16.5. The normalized spacial score (nSPS) is 26.6. The molecule has 8 heteroatoms. The fourth-order valence-electron chi connectivity index (χ4n) is 8.19. The first-order valence-corrected chi connectivity index (χ1v) is 17.2. The molecule has 1 aromatic carbocycles. The average molecular weight is 646 g/mol. The van der Waals surface area contributed by atoms with Crippen LogP contribution in [0.25, 0.3) is 5.69 Å². The second kappa shape index (κ2) is 15.1. The summed E-state index contributed by atoms with van der Waals surface area (Å²) in [6.45, 7) is 14.7. The zero-order valence-electron chi connectivity index (χ0n) is 29.5. The number of hydrogen-bond donors (Lipinski definition) is 2. The number of aromatic hydroxyl groups is 1. The predicted molar refractivity (Wildman–Crippen MR) is 185 cm³/mol. The molecule has 2 aliphatic carbocycles. The Morgan fingerprint density at radius 2 is 1.70 bits per heavy atom. The number of phenolic OH excluding ortho intramolecular Hbond substituents is 1. The molecule has 8 nitrogen and oxygen atoms in total. The zero-order valence-corrected chi connectivity index (χ0v) is 29.5. The standard InChI is InChI=1S/C39H55N3O5/c1-27(14-9-16-29(3)36(45)47-26-30-25-42(41-40-30)31-17-11-18-32(43)24-31)12-8-13-28(2)15-10-19-34-38(6)22-21-35(44)37(4,5)33(38)20-23-39(34,7)46/h11-12,15-18,24-25,33-34,43,46H,8-10,13-14,19-23,26H2,1-7H3/b27-12+,28-15+,29-16+/t33-,34-,38+,39-/m1/s1. The molecule has 0 bridgehead atoms. The van der Waals surface area contributed by atoms with Crippen molar-refractivity contribution in [2.45, 2.75) is 125 Å². The van der Waals surface area contributed by atoms with Crippen LogP contribution in [0.2, 0.25) is 0 Å². The summed E-state index contributed by atoms with van der Waals surface area (Å²) >= 11 is 0. The van der Waals surface area contributed by atoms with Gasteiger partial charge in [0.05, 0.1) is 17.5 Å². The molecule has 47 heavy (non-hydrogen) atoms. The molecule has 0 aliphatic heterocycles. The molecule has 4 rings (SSSR count). The van der Waals surface area contributed by atoms with Crippen molar-refractivity contribution >= 4 is 11.8 Å². The number of carbonyl (C=O) groups is 2. The largest absolute Gasteiger partial charge is 0.508 e. The lowest BCUT2D eigenvalue weighted by atomic mass is 9.45. The van der Waals surface area contributed by atoms with E-state index in [1.807, 2.05) is 13.0 Å². The molecule has 0 unspecified atom stereocenters. The third-order valence-electron chi connectivity index (χ3n) is 11.0. The Bertz CT molecular complexity index is 1510. The van der Waals surface area contributed by atoms with Gasteiger partial charge in [-0.1, -0.05) is 61.4 Å².